The topological polar surface area (TPSA) is 49.8 Å². The largest absolute Gasteiger partial charge is 0.466 e. The van der Waals surface area contributed by atoms with Crippen LogP contribution >= 0.6 is 0 Å². The Kier molecular flexibility index (Phi) is 4.28. The number of nitrogens with zero attached hydrogens (tertiary/aromatic N) is 1. The van der Waals surface area contributed by atoms with Crippen LogP contribution in [0.1, 0.15) is 46.0 Å². The predicted octanol–water partition coefficient (Wildman–Crippen LogP) is 1.56. The number of hydrogen-bond donors (Lipinski definition) is 1. The lowest BCUT2D eigenvalue weighted by atomic mass is 9.92. The Morgan fingerprint density at radius 2 is 2.06 bits per heavy atom. The Bertz CT molecular complexity index is 295. The minimum atomic E-state index is -0.545. The Morgan fingerprint density at radius 1 is 1.39 bits per heavy atom. The summed E-state index contributed by atoms with van der Waals surface area (Å²) in [7, 11) is 0. The molecule has 0 spiro atoms. The third kappa shape index (κ3) is 2.86. The van der Waals surface area contributed by atoms with E-state index in [0.717, 1.165) is 45.2 Å². The fraction of sp³-hybridized carbons (Fsp3) is 0.929. The third-order valence-corrected chi connectivity index (χ3v) is 4.47. The van der Waals surface area contributed by atoms with Gasteiger partial charge >= 0.3 is 5.97 Å². The number of hydrogen-bond acceptors (Lipinski definition) is 4. The van der Waals surface area contributed by atoms with Crippen molar-refractivity contribution in [3.8, 4) is 0 Å². The van der Waals surface area contributed by atoms with E-state index in [4.69, 9.17) is 4.74 Å². The molecule has 0 bridgehead atoms. The van der Waals surface area contributed by atoms with Crippen LogP contribution in [0.25, 0.3) is 0 Å². The van der Waals surface area contributed by atoms with Gasteiger partial charge in [-0.15, -0.1) is 0 Å². The number of piperidine rings is 1. The highest BCUT2D eigenvalue weighted by Gasteiger charge is 2.41. The van der Waals surface area contributed by atoms with Gasteiger partial charge in [0.1, 0.15) is 0 Å². The molecule has 1 N–H and O–H groups in total. The Hall–Kier alpha value is -0.610. The van der Waals surface area contributed by atoms with E-state index in [-0.39, 0.29) is 17.9 Å². The first-order chi connectivity index (χ1) is 8.54. The molecule has 2 atom stereocenters. The van der Waals surface area contributed by atoms with E-state index in [9.17, 15) is 9.90 Å². The van der Waals surface area contributed by atoms with Crippen LogP contribution in [-0.2, 0) is 9.53 Å². The number of likely N-dealkylation sites (tertiary alicyclic amines) is 1. The van der Waals surface area contributed by atoms with Gasteiger partial charge < -0.3 is 9.84 Å². The fourth-order valence-corrected chi connectivity index (χ4v) is 3.41. The molecule has 0 amide bonds. The normalized spacial score (nSPS) is 34.7. The van der Waals surface area contributed by atoms with Gasteiger partial charge in [-0.2, -0.15) is 0 Å². The van der Waals surface area contributed by atoms with Crippen molar-refractivity contribution < 1.29 is 14.6 Å². The van der Waals surface area contributed by atoms with E-state index in [1.807, 2.05) is 13.8 Å². The first-order valence-corrected chi connectivity index (χ1v) is 7.17. The van der Waals surface area contributed by atoms with Gasteiger partial charge in [0.05, 0.1) is 18.1 Å². The molecule has 1 aliphatic heterocycles. The predicted molar refractivity (Wildman–Crippen MR) is 69.2 cm³/mol. The fourth-order valence-electron chi connectivity index (χ4n) is 3.41. The summed E-state index contributed by atoms with van der Waals surface area (Å²) in [6.45, 7) is 6.08. The summed E-state index contributed by atoms with van der Waals surface area (Å²) in [6.07, 6.45) is 4.82. The molecule has 18 heavy (non-hydrogen) atoms. The summed E-state index contributed by atoms with van der Waals surface area (Å²) in [5.74, 6) is 0.0166. The van der Waals surface area contributed by atoms with Gasteiger partial charge in [0.2, 0.25) is 0 Å². The molecule has 0 aromatic carbocycles. The zero-order chi connectivity index (χ0) is 13.2. The first-order valence-electron chi connectivity index (χ1n) is 7.17. The van der Waals surface area contributed by atoms with Gasteiger partial charge in [-0.1, -0.05) is 0 Å². The lowest BCUT2D eigenvalue weighted by Gasteiger charge is -2.40. The lowest BCUT2D eigenvalue weighted by molar-refractivity contribution is -0.150. The Balaban J connectivity index is 1.85. The monoisotopic (exact) mass is 255 g/mol. The molecule has 104 valence electrons. The molecule has 1 aliphatic carbocycles. The zero-order valence-corrected chi connectivity index (χ0v) is 11.5. The molecule has 2 aliphatic rings. The number of rotatable bonds is 3. The maximum Gasteiger partial charge on any atom is 0.309 e. The van der Waals surface area contributed by atoms with E-state index >= 15 is 0 Å². The molecule has 4 heteroatoms. The van der Waals surface area contributed by atoms with E-state index in [1.54, 1.807) is 0 Å². The van der Waals surface area contributed by atoms with Crippen molar-refractivity contribution >= 4 is 5.97 Å². The average molecular weight is 255 g/mol. The van der Waals surface area contributed by atoms with Crippen LogP contribution in [0.3, 0.4) is 0 Å². The van der Waals surface area contributed by atoms with Crippen molar-refractivity contribution in [2.45, 2.75) is 57.6 Å². The van der Waals surface area contributed by atoms with Crippen molar-refractivity contribution in [3.63, 3.8) is 0 Å². The van der Waals surface area contributed by atoms with Gasteiger partial charge in [0.15, 0.2) is 0 Å². The highest BCUT2D eigenvalue weighted by Crippen LogP contribution is 2.35. The second-order valence-corrected chi connectivity index (χ2v) is 5.83. The van der Waals surface area contributed by atoms with Crippen LogP contribution in [0.5, 0.6) is 0 Å². The van der Waals surface area contributed by atoms with E-state index in [0.29, 0.717) is 6.61 Å². The summed E-state index contributed by atoms with van der Waals surface area (Å²) in [5, 5.41) is 10.3. The molecule has 1 saturated carbocycles. The van der Waals surface area contributed by atoms with Crippen LogP contribution in [0, 0.1) is 5.92 Å². The second-order valence-electron chi connectivity index (χ2n) is 5.83. The maximum absolute atomic E-state index is 11.7. The summed E-state index contributed by atoms with van der Waals surface area (Å²) >= 11 is 0. The molecule has 2 unspecified atom stereocenters. The SMILES string of the molecule is CCOC(=O)C1CCN(C2CCCC2(C)O)CC1. The van der Waals surface area contributed by atoms with Gasteiger partial charge in [0.25, 0.3) is 0 Å². The maximum atomic E-state index is 11.7. The molecule has 1 heterocycles. The number of carbonyl (C=O) groups is 1. The second kappa shape index (κ2) is 5.57. The van der Waals surface area contributed by atoms with Crippen LogP contribution in [0.2, 0.25) is 0 Å². The van der Waals surface area contributed by atoms with Gasteiger partial charge in [-0.3, -0.25) is 9.69 Å². The number of ether oxygens (including phenoxy) is 1. The molecular formula is C14H25NO3. The van der Waals surface area contributed by atoms with Crippen molar-refractivity contribution in [1.29, 1.82) is 0 Å². The lowest BCUT2D eigenvalue weighted by Crippen LogP contribution is -2.51. The van der Waals surface area contributed by atoms with Crippen LogP contribution in [0.4, 0.5) is 0 Å². The summed E-state index contributed by atoms with van der Waals surface area (Å²) in [5.41, 5.74) is -0.545. The summed E-state index contributed by atoms with van der Waals surface area (Å²) in [4.78, 5) is 14.0. The third-order valence-electron chi connectivity index (χ3n) is 4.47. The Morgan fingerprint density at radius 3 is 2.56 bits per heavy atom. The number of aliphatic hydroxyl groups is 1. The molecule has 0 radical (unpaired) electrons. The van der Waals surface area contributed by atoms with Crippen LogP contribution in [0.15, 0.2) is 0 Å². The van der Waals surface area contributed by atoms with Gasteiger partial charge in [0, 0.05) is 6.04 Å². The number of carbonyl (C=O) groups excluding carboxylic acids is 1. The standard InChI is InChI=1S/C14H25NO3/c1-3-18-13(16)11-6-9-15(10-7-11)12-5-4-8-14(12,2)17/h11-12,17H,3-10H2,1-2H3. The molecule has 2 fully saturated rings. The van der Waals surface area contributed by atoms with E-state index in [2.05, 4.69) is 4.90 Å². The highest BCUT2D eigenvalue weighted by atomic mass is 16.5. The van der Waals surface area contributed by atoms with Crippen LogP contribution in [-0.4, -0.2) is 47.3 Å². The van der Waals surface area contributed by atoms with Gasteiger partial charge in [-0.25, -0.2) is 0 Å². The molecule has 0 aromatic rings. The van der Waals surface area contributed by atoms with E-state index < -0.39 is 5.60 Å². The van der Waals surface area contributed by atoms with Crippen molar-refractivity contribution in [1.82, 2.24) is 4.90 Å². The Labute approximate surface area is 109 Å². The molecule has 1 saturated heterocycles. The van der Waals surface area contributed by atoms with Crippen molar-refractivity contribution in [2.75, 3.05) is 19.7 Å². The van der Waals surface area contributed by atoms with Crippen molar-refractivity contribution in [3.05, 3.63) is 0 Å². The van der Waals surface area contributed by atoms with Crippen LogP contribution < -0.4 is 0 Å². The first kappa shape index (κ1) is 13.8. The molecule has 4 nitrogen and oxygen atoms in total. The molecular weight excluding hydrogens is 230 g/mol. The minimum absolute atomic E-state index is 0.0460. The van der Waals surface area contributed by atoms with E-state index in [1.165, 1.54) is 0 Å². The molecule has 0 aromatic heterocycles. The van der Waals surface area contributed by atoms with Crippen molar-refractivity contribution in [2.24, 2.45) is 5.92 Å². The quantitative estimate of drug-likeness (QED) is 0.778. The summed E-state index contributed by atoms with van der Waals surface area (Å²) < 4.78 is 5.08. The summed E-state index contributed by atoms with van der Waals surface area (Å²) in [6, 6.07) is 0.278. The van der Waals surface area contributed by atoms with Gasteiger partial charge in [-0.05, 0) is 59.0 Å². The number of esters is 1. The zero-order valence-electron chi connectivity index (χ0n) is 11.5. The minimum Gasteiger partial charge on any atom is -0.466 e. The molecule has 2 rings (SSSR count). The highest BCUT2D eigenvalue weighted by molar-refractivity contribution is 5.72. The average Bonchev–Trinajstić information content (AvgIpc) is 2.69. The smallest absolute Gasteiger partial charge is 0.309 e.